The highest BCUT2D eigenvalue weighted by Crippen LogP contribution is 2.13. The molecule has 0 saturated carbocycles. The molecule has 0 spiro atoms. The summed E-state index contributed by atoms with van der Waals surface area (Å²) in [6.45, 7) is 3.72. The molecule has 1 fully saturated rings. The maximum absolute atomic E-state index is 11.6. The van der Waals surface area contributed by atoms with Gasteiger partial charge in [0.1, 0.15) is 10.7 Å². The maximum Gasteiger partial charge on any atom is 0.236 e. The van der Waals surface area contributed by atoms with Crippen molar-refractivity contribution in [1.82, 2.24) is 9.80 Å². The van der Waals surface area contributed by atoms with E-state index in [0.717, 1.165) is 37.4 Å². The molecule has 0 bridgehead atoms. The summed E-state index contributed by atoms with van der Waals surface area (Å²) in [7, 11) is 1.84. The van der Waals surface area contributed by atoms with Gasteiger partial charge < -0.3 is 15.4 Å². The zero-order chi connectivity index (χ0) is 15.2. The Balaban J connectivity index is 1.71. The average molecular weight is 307 g/mol. The monoisotopic (exact) mass is 307 g/mol. The number of rotatable bonds is 6. The van der Waals surface area contributed by atoms with E-state index in [1.807, 2.05) is 31.3 Å². The molecule has 114 valence electrons. The number of likely N-dealkylation sites (N-methyl/N-ethyl adjacent to an activating group) is 1. The van der Waals surface area contributed by atoms with Gasteiger partial charge in [0.25, 0.3) is 0 Å². The average Bonchev–Trinajstić information content (AvgIpc) is 2.47. The highest BCUT2D eigenvalue weighted by Gasteiger charge is 2.20. The first-order valence-corrected chi connectivity index (χ1v) is 7.46. The van der Waals surface area contributed by atoms with Crippen LogP contribution in [0.3, 0.4) is 0 Å². The van der Waals surface area contributed by atoms with Crippen LogP contribution in [0.25, 0.3) is 0 Å². The number of thiocarbonyl (C=S) groups is 1. The Kier molecular flexibility index (Phi) is 5.52. The van der Waals surface area contributed by atoms with Crippen molar-refractivity contribution < 1.29 is 9.53 Å². The standard InChI is InChI=1S/C15H21N3O2S/c1-17-7-8-18(11-14(17)19)6-3-9-20-13-5-2-4-12(10-13)15(16)21/h2,4-5,10H,3,6-9,11H2,1H3,(H2,16,21). The number of piperazine rings is 1. The van der Waals surface area contributed by atoms with E-state index in [1.165, 1.54) is 0 Å². The summed E-state index contributed by atoms with van der Waals surface area (Å²) >= 11 is 4.94. The minimum Gasteiger partial charge on any atom is -0.494 e. The summed E-state index contributed by atoms with van der Waals surface area (Å²) in [4.78, 5) is 15.9. The molecule has 0 aliphatic carbocycles. The molecular weight excluding hydrogens is 286 g/mol. The predicted octanol–water partition coefficient (Wildman–Crippen LogP) is 0.864. The molecule has 0 radical (unpaired) electrons. The molecule has 21 heavy (non-hydrogen) atoms. The minimum absolute atomic E-state index is 0.186. The van der Waals surface area contributed by atoms with Crippen LogP contribution in [-0.2, 0) is 4.79 Å². The Labute approximate surface area is 130 Å². The van der Waals surface area contributed by atoms with Gasteiger partial charge in [-0.1, -0.05) is 24.4 Å². The fraction of sp³-hybridized carbons (Fsp3) is 0.467. The van der Waals surface area contributed by atoms with Crippen molar-refractivity contribution in [2.45, 2.75) is 6.42 Å². The van der Waals surface area contributed by atoms with Crippen LogP contribution in [0.2, 0.25) is 0 Å². The van der Waals surface area contributed by atoms with Crippen molar-refractivity contribution in [2.24, 2.45) is 5.73 Å². The van der Waals surface area contributed by atoms with Crippen LogP contribution >= 0.6 is 12.2 Å². The third-order valence-corrected chi connectivity index (χ3v) is 3.78. The number of ether oxygens (including phenoxy) is 1. The summed E-state index contributed by atoms with van der Waals surface area (Å²) in [6, 6.07) is 7.48. The van der Waals surface area contributed by atoms with Gasteiger partial charge in [0.05, 0.1) is 13.2 Å². The fourth-order valence-electron chi connectivity index (χ4n) is 2.22. The Morgan fingerprint density at radius 2 is 2.24 bits per heavy atom. The largest absolute Gasteiger partial charge is 0.494 e. The van der Waals surface area contributed by atoms with Gasteiger partial charge in [-0.05, 0) is 18.6 Å². The second-order valence-electron chi connectivity index (χ2n) is 5.19. The Bertz CT molecular complexity index is 521. The summed E-state index contributed by atoms with van der Waals surface area (Å²) < 4.78 is 5.70. The Hall–Kier alpha value is -1.66. The Morgan fingerprint density at radius 3 is 2.95 bits per heavy atom. The van der Waals surface area contributed by atoms with Gasteiger partial charge in [0.15, 0.2) is 0 Å². The second-order valence-corrected chi connectivity index (χ2v) is 5.63. The number of nitrogens with zero attached hydrogens (tertiary/aromatic N) is 2. The van der Waals surface area contributed by atoms with Crippen molar-refractivity contribution in [3.63, 3.8) is 0 Å². The molecule has 1 amide bonds. The number of carbonyl (C=O) groups is 1. The van der Waals surface area contributed by atoms with E-state index in [9.17, 15) is 4.79 Å². The Morgan fingerprint density at radius 1 is 1.43 bits per heavy atom. The predicted molar refractivity (Wildman–Crippen MR) is 86.5 cm³/mol. The highest BCUT2D eigenvalue weighted by atomic mass is 32.1. The van der Waals surface area contributed by atoms with Crippen molar-refractivity contribution in [2.75, 3.05) is 39.8 Å². The molecule has 1 aromatic rings. The summed E-state index contributed by atoms with van der Waals surface area (Å²) in [6.07, 6.45) is 0.883. The molecule has 5 nitrogen and oxygen atoms in total. The van der Waals surface area contributed by atoms with Crippen LogP contribution in [-0.4, -0.2) is 60.5 Å². The fourth-order valence-corrected chi connectivity index (χ4v) is 2.34. The van der Waals surface area contributed by atoms with E-state index in [2.05, 4.69) is 4.90 Å². The van der Waals surface area contributed by atoms with E-state index >= 15 is 0 Å². The van der Waals surface area contributed by atoms with Gasteiger partial charge in [0, 0.05) is 32.2 Å². The molecule has 6 heteroatoms. The molecule has 0 aromatic heterocycles. The lowest BCUT2D eigenvalue weighted by Crippen LogP contribution is -2.48. The normalized spacial score (nSPS) is 16.0. The molecule has 1 aliphatic heterocycles. The van der Waals surface area contributed by atoms with E-state index in [4.69, 9.17) is 22.7 Å². The zero-order valence-corrected chi connectivity index (χ0v) is 13.1. The molecule has 1 aromatic carbocycles. The van der Waals surface area contributed by atoms with Crippen LogP contribution < -0.4 is 10.5 Å². The van der Waals surface area contributed by atoms with Crippen LogP contribution in [0.15, 0.2) is 24.3 Å². The van der Waals surface area contributed by atoms with Crippen molar-refractivity contribution in [3.8, 4) is 5.75 Å². The van der Waals surface area contributed by atoms with Gasteiger partial charge in [-0.25, -0.2) is 0 Å². The lowest BCUT2D eigenvalue weighted by atomic mass is 10.2. The van der Waals surface area contributed by atoms with Crippen LogP contribution in [0.5, 0.6) is 5.75 Å². The van der Waals surface area contributed by atoms with E-state index in [1.54, 1.807) is 4.90 Å². The summed E-state index contributed by atoms with van der Waals surface area (Å²) in [5.74, 6) is 0.959. The van der Waals surface area contributed by atoms with Gasteiger partial charge in [0.2, 0.25) is 5.91 Å². The zero-order valence-electron chi connectivity index (χ0n) is 12.2. The number of benzene rings is 1. The number of amides is 1. The third kappa shape index (κ3) is 4.68. The molecular formula is C15H21N3O2S. The molecule has 2 N–H and O–H groups in total. The quantitative estimate of drug-likeness (QED) is 0.624. The first kappa shape index (κ1) is 15.7. The lowest BCUT2D eigenvalue weighted by molar-refractivity contribution is -0.134. The van der Waals surface area contributed by atoms with Crippen LogP contribution in [0, 0.1) is 0 Å². The molecule has 1 heterocycles. The van der Waals surface area contributed by atoms with Crippen molar-refractivity contribution >= 4 is 23.1 Å². The number of hydrogen-bond acceptors (Lipinski definition) is 4. The van der Waals surface area contributed by atoms with Gasteiger partial charge in [-0.2, -0.15) is 0 Å². The first-order valence-electron chi connectivity index (χ1n) is 7.05. The topological polar surface area (TPSA) is 58.8 Å². The first-order chi connectivity index (χ1) is 10.1. The molecule has 1 aliphatic rings. The minimum atomic E-state index is 0.186. The van der Waals surface area contributed by atoms with Gasteiger partial charge in [-0.15, -0.1) is 0 Å². The summed E-state index contributed by atoms with van der Waals surface area (Å²) in [5, 5.41) is 0. The van der Waals surface area contributed by atoms with Crippen LogP contribution in [0.1, 0.15) is 12.0 Å². The van der Waals surface area contributed by atoms with Gasteiger partial charge >= 0.3 is 0 Å². The van der Waals surface area contributed by atoms with Gasteiger partial charge in [-0.3, -0.25) is 9.69 Å². The SMILES string of the molecule is CN1CCN(CCCOc2cccc(C(N)=S)c2)CC1=O. The van der Waals surface area contributed by atoms with E-state index < -0.39 is 0 Å². The molecule has 2 rings (SSSR count). The number of hydrogen-bond donors (Lipinski definition) is 1. The molecule has 0 atom stereocenters. The van der Waals surface area contributed by atoms with E-state index in [0.29, 0.717) is 18.1 Å². The summed E-state index contributed by atoms with van der Waals surface area (Å²) in [5.41, 5.74) is 6.40. The van der Waals surface area contributed by atoms with Crippen molar-refractivity contribution in [1.29, 1.82) is 0 Å². The number of nitrogens with two attached hydrogens (primary N) is 1. The number of carbonyl (C=O) groups excluding carboxylic acids is 1. The molecule has 1 saturated heterocycles. The van der Waals surface area contributed by atoms with Crippen molar-refractivity contribution in [3.05, 3.63) is 29.8 Å². The van der Waals surface area contributed by atoms with Crippen LogP contribution in [0.4, 0.5) is 0 Å². The smallest absolute Gasteiger partial charge is 0.236 e. The maximum atomic E-state index is 11.6. The second kappa shape index (κ2) is 7.38. The third-order valence-electron chi connectivity index (χ3n) is 3.54. The van der Waals surface area contributed by atoms with E-state index in [-0.39, 0.29) is 5.91 Å². The lowest BCUT2D eigenvalue weighted by Gasteiger charge is -2.31. The highest BCUT2D eigenvalue weighted by molar-refractivity contribution is 7.80. The molecule has 0 unspecified atom stereocenters.